The summed E-state index contributed by atoms with van der Waals surface area (Å²) in [5.74, 6) is 0. The van der Waals surface area contributed by atoms with E-state index in [2.05, 4.69) is 30.0 Å². The zero-order chi connectivity index (χ0) is 11.5. The third-order valence-corrected chi connectivity index (χ3v) is 3.10. The molecule has 0 radical (unpaired) electrons. The number of nitrogens with two attached hydrogens (primary N) is 1. The Kier molecular flexibility index (Phi) is 3.66. The van der Waals surface area contributed by atoms with Crippen molar-refractivity contribution in [1.82, 2.24) is 4.57 Å². The lowest BCUT2D eigenvalue weighted by molar-refractivity contribution is 0.0458. The van der Waals surface area contributed by atoms with Gasteiger partial charge in [-0.1, -0.05) is 0 Å². The van der Waals surface area contributed by atoms with Gasteiger partial charge in [-0.25, -0.2) is 0 Å². The summed E-state index contributed by atoms with van der Waals surface area (Å²) < 4.78 is 8.03. The molecule has 3 heteroatoms. The number of rotatable bonds is 4. The Bertz CT molecular complexity index is 332. The van der Waals surface area contributed by atoms with Crippen LogP contribution in [0.3, 0.4) is 0 Å². The number of aromatic nitrogens is 1. The molecule has 3 unspecified atom stereocenters. The van der Waals surface area contributed by atoms with Crippen LogP contribution in [-0.2, 0) is 17.7 Å². The molecule has 2 heterocycles. The SMILES string of the molecule is CC(N)Cc1ccn(CC2CCC(C)O2)c1. The summed E-state index contributed by atoms with van der Waals surface area (Å²) in [5, 5.41) is 0. The highest BCUT2D eigenvalue weighted by molar-refractivity contribution is 5.11. The summed E-state index contributed by atoms with van der Waals surface area (Å²) in [6.45, 7) is 5.17. The van der Waals surface area contributed by atoms with Crippen LogP contribution in [0.5, 0.6) is 0 Å². The summed E-state index contributed by atoms with van der Waals surface area (Å²) in [7, 11) is 0. The van der Waals surface area contributed by atoms with E-state index in [0.717, 1.165) is 13.0 Å². The van der Waals surface area contributed by atoms with E-state index >= 15 is 0 Å². The molecule has 2 N–H and O–H groups in total. The van der Waals surface area contributed by atoms with E-state index in [1.54, 1.807) is 0 Å². The number of ether oxygens (including phenoxy) is 1. The molecule has 3 atom stereocenters. The minimum Gasteiger partial charge on any atom is -0.373 e. The highest BCUT2D eigenvalue weighted by atomic mass is 16.5. The van der Waals surface area contributed by atoms with Crippen LogP contribution in [0.15, 0.2) is 18.5 Å². The molecular weight excluding hydrogens is 200 g/mol. The van der Waals surface area contributed by atoms with Crippen molar-refractivity contribution in [2.24, 2.45) is 5.73 Å². The molecule has 0 amide bonds. The van der Waals surface area contributed by atoms with Crippen LogP contribution in [0.25, 0.3) is 0 Å². The molecule has 0 aliphatic carbocycles. The third-order valence-electron chi connectivity index (χ3n) is 3.10. The topological polar surface area (TPSA) is 40.2 Å². The first-order valence-electron chi connectivity index (χ1n) is 6.19. The molecule has 3 nitrogen and oxygen atoms in total. The van der Waals surface area contributed by atoms with Gasteiger partial charge in [-0.2, -0.15) is 0 Å². The first kappa shape index (κ1) is 11.7. The van der Waals surface area contributed by atoms with Crippen molar-refractivity contribution >= 4 is 0 Å². The van der Waals surface area contributed by atoms with Gasteiger partial charge in [0.15, 0.2) is 0 Å². The molecule has 2 rings (SSSR count). The Morgan fingerprint density at radius 3 is 3.00 bits per heavy atom. The predicted molar refractivity (Wildman–Crippen MR) is 65.4 cm³/mol. The predicted octanol–water partition coefficient (Wildman–Crippen LogP) is 1.95. The molecule has 16 heavy (non-hydrogen) atoms. The summed E-state index contributed by atoms with van der Waals surface area (Å²) in [6.07, 6.45) is 8.48. The van der Waals surface area contributed by atoms with E-state index in [1.807, 2.05) is 6.92 Å². The largest absolute Gasteiger partial charge is 0.373 e. The van der Waals surface area contributed by atoms with Crippen molar-refractivity contribution in [3.05, 3.63) is 24.0 Å². The normalized spacial score (nSPS) is 27.2. The fraction of sp³-hybridized carbons (Fsp3) is 0.692. The van der Waals surface area contributed by atoms with Gasteiger partial charge in [0.25, 0.3) is 0 Å². The number of hydrogen-bond acceptors (Lipinski definition) is 2. The second-order valence-electron chi connectivity index (χ2n) is 5.04. The summed E-state index contributed by atoms with van der Waals surface area (Å²) in [6, 6.07) is 2.39. The van der Waals surface area contributed by atoms with Crippen LogP contribution in [0, 0.1) is 0 Å². The van der Waals surface area contributed by atoms with Crippen LogP contribution in [0.2, 0.25) is 0 Å². The molecule has 1 aromatic rings. The maximum absolute atomic E-state index is 5.81. The van der Waals surface area contributed by atoms with E-state index in [-0.39, 0.29) is 6.04 Å². The smallest absolute Gasteiger partial charge is 0.0758 e. The van der Waals surface area contributed by atoms with Crippen LogP contribution in [-0.4, -0.2) is 22.8 Å². The average Bonchev–Trinajstić information content (AvgIpc) is 2.76. The van der Waals surface area contributed by atoms with Gasteiger partial charge in [0.2, 0.25) is 0 Å². The Morgan fingerprint density at radius 1 is 1.56 bits per heavy atom. The summed E-state index contributed by atoms with van der Waals surface area (Å²) in [5.41, 5.74) is 7.10. The highest BCUT2D eigenvalue weighted by Gasteiger charge is 2.21. The fourth-order valence-electron chi connectivity index (χ4n) is 2.35. The lowest BCUT2D eigenvalue weighted by atomic mass is 10.1. The Labute approximate surface area is 97.6 Å². The number of hydrogen-bond donors (Lipinski definition) is 1. The maximum Gasteiger partial charge on any atom is 0.0758 e. The molecule has 1 aliphatic heterocycles. The van der Waals surface area contributed by atoms with E-state index in [4.69, 9.17) is 10.5 Å². The van der Waals surface area contributed by atoms with Crippen LogP contribution >= 0.6 is 0 Å². The molecule has 1 saturated heterocycles. The molecule has 0 bridgehead atoms. The molecule has 90 valence electrons. The maximum atomic E-state index is 5.81. The van der Waals surface area contributed by atoms with Gasteiger partial charge >= 0.3 is 0 Å². The lowest BCUT2D eigenvalue weighted by Gasteiger charge is -2.11. The minimum atomic E-state index is 0.235. The zero-order valence-electron chi connectivity index (χ0n) is 10.2. The summed E-state index contributed by atoms with van der Waals surface area (Å²) >= 11 is 0. The minimum absolute atomic E-state index is 0.235. The fourth-order valence-corrected chi connectivity index (χ4v) is 2.35. The van der Waals surface area contributed by atoms with E-state index in [9.17, 15) is 0 Å². The van der Waals surface area contributed by atoms with Gasteiger partial charge in [0, 0.05) is 25.0 Å². The first-order chi connectivity index (χ1) is 7.63. The Hall–Kier alpha value is -0.800. The molecule has 0 saturated carbocycles. The monoisotopic (exact) mass is 222 g/mol. The van der Waals surface area contributed by atoms with Gasteiger partial charge < -0.3 is 15.0 Å². The second kappa shape index (κ2) is 5.02. The average molecular weight is 222 g/mol. The van der Waals surface area contributed by atoms with E-state index < -0.39 is 0 Å². The van der Waals surface area contributed by atoms with Gasteiger partial charge in [0.05, 0.1) is 12.2 Å². The molecule has 1 fully saturated rings. The van der Waals surface area contributed by atoms with E-state index in [0.29, 0.717) is 12.2 Å². The molecule has 1 aliphatic rings. The van der Waals surface area contributed by atoms with Crippen LogP contribution < -0.4 is 5.73 Å². The van der Waals surface area contributed by atoms with Gasteiger partial charge in [-0.3, -0.25) is 0 Å². The first-order valence-corrected chi connectivity index (χ1v) is 6.19. The molecular formula is C13H22N2O. The van der Waals surface area contributed by atoms with Gasteiger partial charge in [-0.05, 0) is 44.7 Å². The molecule has 0 spiro atoms. The molecule has 1 aromatic heterocycles. The zero-order valence-corrected chi connectivity index (χ0v) is 10.2. The van der Waals surface area contributed by atoms with Crippen molar-refractivity contribution in [1.29, 1.82) is 0 Å². The van der Waals surface area contributed by atoms with Crippen molar-refractivity contribution in [3.63, 3.8) is 0 Å². The Morgan fingerprint density at radius 2 is 2.38 bits per heavy atom. The van der Waals surface area contributed by atoms with Gasteiger partial charge in [0.1, 0.15) is 0 Å². The van der Waals surface area contributed by atoms with Crippen molar-refractivity contribution in [2.75, 3.05) is 0 Å². The van der Waals surface area contributed by atoms with Crippen LogP contribution in [0.1, 0.15) is 32.3 Å². The van der Waals surface area contributed by atoms with Crippen molar-refractivity contribution < 1.29 is 4.74 Å². The van der Waals surface area contributed by atoms with Crippen LogP contribution in [0.4, 0.5) is 0 Å². The standard InChI is InChI=1S/C13H22N2O/c1-10(14)7-12-5-6-15(8-12)9-13-4-3-11(2)16-13/h5-6,8,10-11,13H,3-4,7,9,14H2,1-2H3. The van der Waals surface area contributed by atoms with Crippen molar-refractivity contribution in [3.8, 4) is 0 Å². The van der Waals surface area contributed by atoms with Crippen molar-refractivity contribution in [2.45, 2.75) is 57.9 Å². The quantitative estimate of drug-likeness (QED) is 0.845. The number of nitrogens with zero attached hydrogens (tertiary/aromatic N) is 1. The van der Waals surface area contributed by atoms with E-state index in [1.165, 1.54) is 18.4 Å². The Balaban J connectivity index is 1.87. The molecule has 0 aromatic carbocycles. The second-order valence-corrected chi connectivity index (χ2v) is 5.04. The third kappa shape index (κ3) is 3.09. The lowest BCUT2D eigenvalue weighted by Crippen LogP contribution is -2.18. The van der Waals surface area contributed by atoms with Gasteiger partial charge in [-0.15, -0.1) is 0 Å². The summed E-state index contributed by atoms with van der Waals surface area (Å²) in [4.78, 5) is 0. The highest BCUT2D eigenvalue weighted by Crippen LogP contribution is 2.20.